The molecule has 1 saturated carbocycles. The summed E-state index contributed by atoms with van der Waals surface area (Å²) < 4.78 is 0. The number of rotatable bonds is 4. The molecule has 0 aromatic rings. The molecule has 3 fully saturated rings. The summed E-state index contributed by atoms with van der Waals surface area (Å²) in [6.45, 7) is 5.68. The zero-order chi connectivity index (χ0) is 14.0. The van der Waals surface area contributed by atoms with Crippen molar-refractivity contribution in [3.63, 3.8) is 0 Å². The van der Waals surface area contributed by atoms with Crippen molar-refractivity contribution in [1.82, 2.24) is 10.2 Å². The van der Waals surface area contributed by atoms with Crippen LogP contribution in [-0.2, 0) is 0 Å². The molecule has 2 aliphatic heterocycles. The van der Waals surface area contributed by atoms with Gasteiger partial charge in [-0.15, -0.1) is 0 Å². The van der Waals surface area contributed by atoms with E-state index in [0.29, 0.717) is 6.04 Å². The van der Waals surface area contributed by atoms with E-state index in [9.17, 15) is 5.11 Å². The zero-order valence-electron chi connectivity index (χ0n) is 13.1. The lowest BCUT2D eigenvalue weighted by atomic mass is 9.77. The molecular formula is C17H32N2O. The number of hydrogen-bond donors (Lipinski definition) is 2. The predicted molar refractivity (Wildman–Crippen MR) is 82.8 cm³/mol. The topological polar surface area (TPSA) is 35.5 Å². The molecule has 116 valence electrons. The van der Waals surface area contributed by atoms with Gasteiger partial charge >= 0.3 is 0 Å². The van der Waals surface area contributed by atoms with Gasteiger partial charge in [-0.3, -0.25) is 0 Å². The van der Waals surface area contributed by atoms with Gasteiger partial charge in [0.1, 0.15) is 0 Å². The van der Waals surface area contributed by atoms with Gasteiger partial charge in [-0.1, -0.05) is 13.3 Å². The van der Waals surface area contributed by atoms with Crippen LogP contribution in [0.4, 0.5) is 0 Å². The predicted octanol–water partition coefficient (Wildman–Crippen LogP) is 2.53. The van der Waals surface area contributed by atoms with Crippen LogP contribution >= 0.6 is 0 Å². The molecule has 3 heteroatoms. The standard InChI is InChI=1S/C17H32N2O/c1-2-14-5-8-17(20,9-6-14)13-18-15-7-11-19-10-3-4-16(19)12-15/h14-16,18,20H,2-13H2,1H3. The third-order valence-corrected chi connectivity index (χ3v) is 6.15. The van der Waals surface area contributed by atoms with Crippen molar-refractivity contribution < 1.29 is 5.11 Å². The van der Waals surface area contributed by atoms with Gasteiger partial charge in [0.15, 0.2) is 0 Å². The second-order valence-corrected chi connectivity index (χ2v) is 7.51. The zero-order valence-corrected chi connectivity index (χ0v) is 13.1. The Morgan fingerprint density at radius 1 is 1.15 bits per heavy atom. The van der Waals surface area contributed by atoms with E-state index >= 15 is 0 Å². The van der Waals surface area contributed by atoms with Gasteiger partial charge in [-0.05, 0) is 70.4 Å². The van der Waals surface area contributed by atoms with E-state index in [1.165, 1.54) is 58.0 Å². The fourth-order valence-corrected chi connectivity index (χ4v) is 4.54. The first-order valence-electron chi connectivity index (χ1n) is 8.88. The summed E-state index contributed by atoms with van der Waals surface area (Å²) in [6.07, 6.45) is 11.1. The van der Waals surface area contributed by atoms with E-state index in [-0.39, 0.29) is 0 Å². The quantitative estimate of drug-likeness (QED) is 0.831. The summed E-state index contributed by atoms with van der Waals surface area (Å²) in [6, 6.07) is 1.47. The molecule has 2 unspecified atom stereocenters. The molecule has 3 aliphatic rings. The van der Waals surface area contributed by atoms with Gasteiger partial charge in [0, 0.05) is 18.6 Å². The molecule has 2 atom stereocenters. The molecule has 0 aromatic heterocycles. The maximum absolute atomic E-state index is 10.7. The van der Waals surface area contributed by atoms with Crippen LogP contribution in [0.1, 0.15) is 64.7 Å². The molecule has 20 heavy (non-hydrogen) atoms. The third-order valence-electron chi connectivity index (χ3n) is 6.15. The van der Waals surface area contributed by atoms with Gasteiger partial charge in [0.05, 0.1) is 5.60 Å². The first-order chi connectivity index (χ1) is 9.68. The monoisotopic (exact) mass is 280 g/mol. The molecule has 0 aromatic carbocycles. The van der Waals surface area contributed by atoms with Crippen LogP contribution in [0, 0.1) is 5.92 Å². The Hall–Kier alpha value is -0.120. The summed E-state index contributed by atoms with van der Waals surface area (Å²) in [5.41, 5.74) is -0.418. The van der Waals surface area contributed by atoms with Crippen LogP contribution in [0.25, 0.3) is 0 Å². The van der Waals surface area contributed by atoms with Gasteiger partial charge in [0.25, 0.3) is 0 Å². The Labute approximate surface area is 124 Å². The summed E-state index contributed by atoms with van der Waals surface area (Å²) in [5.74, 6) is 0.858. The summed E-state index contributed by atoms with van der Waals surface area (Å²) >= 11 is 0. The SMILES string of the molecule is CCC1CCC(O)(CNC2CCN3CCCC3C2)CC1. The fourth-order valence-electron chi connectivity index (χ4n) is 4.54. The number of aliphatic hydroxyl groups is 1. The van der Waals surface area contributed by atoms with E-state index in [0.717, 1.165) is 31.3 Å². The van der Waals surface area contributed by atoms with Crippen LogP contribution in [0.3, 0.4) is 0 Å². The average Bonchev–Trinajstić information content (AvgIpc) is 2.94. The normalized spacial score (nSPS) is 42.6. The fraction of sp³-hybridized carbons (Fsp3) is 1.00. The lowest BCUT2D eigenvalue weighted by Gasteiger charge is -2.39. The highest BCUT2D eigenvalue weighted by molar-refractivity contribution is 4.92. The highest BCUT2D eigenvalue weighted by atomic mass is 16.3. The van der Waals surface area contributed by atoms with Crippen molar-refractivity contribution in [3.8, 4) is 0 Å². The second kappa shape index (κ2) is 6.33. The van der Waals surface area contributed by atoms with Crippen molar-refractivity contribution in [1.29, 1.82) is 0 Å². The molecule has 0 spiro atoms. The number of nitrogens with zero attached hydrogens (tertiary/aromatic N) is 1. The maximum Gasteiger partial charge on any atom is 0.0771 e. The largest absolute Gasteiger partial charge is 0.389 e. The highest BCUT2D eigenvalue weighted by Gasteiger charge is 2.35. The molecule has 0 bridgehead atoms. The van der Waals surface area contributed by atoms with Crippen molar-refractivity contribution in [2.24, 2.45) is 5.92 Å². The number of piperidine rings is 1. The van der Waals surface area contributed by atoms with E-state index in [4.69, 9.17) is 0 Å². The Morgan fingerprint density at radius 3 is 2.70 bits per heavy atom. The number of fused-ring (bicyclic) bond motifs is 1. The van der Waals surface area contributed by atoms with Crippen LogP contribution in [0.5, 0.6) is 0 Å². The third kappa shape index (κ3) is 3.37. The first-order valence-corrected chi connectivity index (χ1v) is 8.88. The molecule has 3 rings (SSSR count). The Bertz CT molecular complexity index is 312. The molecule has 2 saturated heterocycles. The van der Waals surface area contributed by atoms with Crippen LogP contribution < -0.4 is 5.32 Å². The molecule has 0 amide bonds. The molecular weight excluding hydrogens is 248 g/mol. The molecule has 1 aliphatic carbocycles. The summed E-state index contributed by atoms with van der Waals surface area (Å²) in [4.78, 5) is 2.67. The van der Waals surface area contributed by atoms with Crippen molar-refractivity contribution >= 4 is 0 Å². The van der Waals surface area contributed by atoms with Gasteiger partial charge in [0.2, 0.25) is 0 Å². The molecule has 2 N–H and O–H groups in total. The van der Waals surface area contributed by atoms with Crippen molar-refractivity contribution in [3.05, 3.63) is 0 Å². The maximum atomic E-state index is 10.7. The van der Waals surface area contributed by atoms with Crippen LogP contribution in [-0.4, -0.2) is 47.3 Å². The minimum atomic E-state index is -0.418. The Morgan fingerprint density at radius 2 is 1.95 bits per heavy atom. The first kappa shape index (κ1) is 14.8. The Balaban J connectivity index is 1.43. The summed E-state index contributed by atoms with van der Waals surface area (Å²) in [5, 5.41) is 14.4. The minimum Gasteiger partial charge on any atom is -0.389 e. The van der Waals surface area contributed by atoms with E-state index in [1.54, 1.807) is 0 Å². The van der Waals surface area contributed by atoms with Gasteiger partial charge in [-0.2, -0.15) is 0 Å². The van der Waals surface area contributed by atoms with Crippen molar-refractivity contribution in [2.75, 3.05) is 19.6 Å². The summed E-state index contributed by atoms with van der Waals surface area (Å²) in [7, 11) is 0. The lowest BCUT2D eigenvalue weighted by molar-refractivity contribution is -0.0128. The van der Waals surface area contributed by atoms with E-state index in [1.807, 2.05) is 0 Å². The Kier molecular flexibility index (Phi) is 4.68. The van der Waals surface area contributed by atoms with Crippen LogP contribution in [0.15, 0.2) is 0 Å². The number of nitrogens with one attached hydrogen (secondary N) is 1. The van der Waals surface area contributed by atoms with Gasteiger partial charge < -0.3 is 15.3 Å². The van der Waals surface area contributed by atoms with Crippen molar-refractivity contribution in [2.45, 2.75) is 82.4 Å². The smallest absolute Gasteiger partial charge is 0.0771 e. The minimum absolute atomic E-state index is 0.418. The van der Waals surface area contributed by atoms with E-state index in [2.05, 4.69) is 17.1 Å². The van der Waals surface area contributed by atoms with Crippen LogP contribution in [0.2, 0.25) is 0 Å². The van der Waals surface area contributed by atoms with E-state index < -0.39 is 5.60 Å². The molecule has 3 nitrogen and oxygen atoms in total. The second-order valence-electron chi connectivity index (χ2n) is 7.51. The molecule has 2 heterocycles. The molecule has 0 radical (unpaired) electrons. The highest BCUT2D eigenvalue weighted by Crippen LogP contribution is 2.34. The van der Waals surface area contributed by atoms with Gasteiger partial charge in [-0.25, -0.2) is 0 Å². The number of hydrogen-bond acceptors (Lipinski definition) is 3. The lowest BCUT2D eigenvalue weighted by Crippen LogP contribution is -2.51. The average molecular weight is 280 g/mol.